The van der Waals surface area contributed by atoms with Gasteiger partial charge in [-0.15, -0.1) is 0 Å². The second-order valence-electron chi connectivity index (χ2n) is 2.11. The molecule has 0 saturated heterocycles. The summed E-state index contributed by atoms with van der Waals surface area (Å²) in [5.74, 6) is 0. The van der Waals surface area contributed by atoms with Gasteiger partial charge in [-0.3, -0.25) is 0 Å². The molecule has 0 aliphatic heterocycles. The van der Waals surface area contributed by atoms with E-state index in [1.807, 2.05) is 0 Å². The Morgan fingerprint density at radius 3 is 1.71 bits per heavy atom. The zero-order valence-electron chi connectivity index (χ0n) is 6.04. The van der Waals surface area contributed by atoms with Crippen molar-refractivity contribution in [2.45, 2.75) is 12.4 Å². The summed E-state index contributed by atoms with van der Waals surface area (Å²) in [4.78, 5) is 0. The SMILES string of the molecule is FC(F)(F)c1cc(C(F)(F)F)[n-]n1.[Au+]. The molecule has 0 fully saturated rings. The van der Waals surface area contributed by atoms with Gasteiger partial charge in [0.25, 0.3) is 0 Å². The number of nitrogens with zero attached hydrogens (tertiary/aromatic N) is 2. The zero-order valence-corrected chi connectivity index (χ0v) is 8.21. The monoisotopic (exact) mass is 400 g/mol. The summed E-state index contributed by atoms with van der Waals surface area (Å²) < 4.78 is 70.3. The van der Waals surface area contributed by atoms with E-state index in [9.17, 15) is 26.3 Å². The second kappa shape index (κ2) is 3.95. The van der Waals surface area contributed by atoms with Gasteiger partial charge in [-0.05, 0) is 11.8 Å². The zero-order chi connectivity index (χ0) is 10.3. The second-order valence-corrected chi connectivity index (χ2v) is 2.11. The first-order valence-electron chi connectivity index (χ1n) is 2.86. The normalized spacial score (nSPS) is 12.4. The Bertz CT molecular complexity index is 271. The van der Waals surface area contributed by atoms with E-state index >= 15 is 0 Å². The average molecular weight is 400 g/mol. The van der Waals surface area contributed by atoms with Gasteiger partial charge >= 0.3 is 34.7 Å². The minimum atomic E-state index is -4.89. The summed E-state index contributed by atoms with van der Waals surface area (Å²) >= 11 is 0. The predicted octanol–water partition coefficient (Wildman–Crippen LogP) is 2.07. The molecule has 1 aromatic heterocycles. The molecule has 2 nitrogen and oxygen atoms in total. The van der Waals surface area contributed by atoms with E-state index in [1.54, 1.807) is 0 Å². The van der Waals surface area contributed by atoms with E-state index in [1.165, 1.54) is 0 Å². The van der Waals surface area contributed by atoms with Crippen LogP contribution >= 0.6 is 0 Å². The van der Waals surface area contributed by atoms with Crippen molar-refractivity contribution in [3.05, 3.63) is 17.5 Å². The van der Waals surface area contributed by atoms with Gasteiger partial charge in [0, 0.05) is 0 Å². The van der Waals surface area contributed by atoms with Crippen molar-refractivity contribution in [2.24, 2.45) is 0 Å². The fraction of sp³-hybridized carbons (Fsp3) is 0.400. The number of hydrogen-bond acceptors (Lipinski definition) is 1. The van der Waals surface area contributed by atoms with Crippen molar-refractivity contribution < 1.29 is 48.7 Å². The van der Waals surface area contributed by atoms with Crippen LogP contribution in [0.25, 0.3) is 0 Å². The van der Waals surface area contributed by atoms with Crippen LogP contribution in [0.1, 0.15) is 11.4 Å². The summed E-state index contributed by atoms with van der Waals surface area (Å²) in [6, 6.07) is -0.139. The van der Waals surface area contributed by atoms with Crippen molar-refractivity contribution >= 4 is 0 Å². The van der Waals surface area contributed by atoms with Crippen molar-refractivity contribution in [1.29, 1.82) is 0 Å². The Morgan fingerprint density at radius 2 is 1.50 bits per heavy atom. The molecule has 9 heteroatoms. The summed E-state index contributed by atoms with van der Waals surface area (Å²) in [6.07, 6.45) is -9.78. The van der Waals surface area contributed by atoms with Gasteiger partial charge in [0.2, 0.25) is 0 Å². The molecule has 0 atom stereocenters. The molecular weight excluding hydrogens is 399 g/mol. The van der Waals surface area contributed by atoms with Crippen molar-refractivity contribution in [3.63, 3.8) is 0 Å². The summed E-state index contributed by atoms with van der Waals surface area (Å²) in [6.45, 7) is 0. The van der Waals surface area contributed by atoms with Crippen LogP contribution in [0, 0.1) is 0 Å². The van der Waals surface area contributed by atoms with Crippen LogP contribution in [-0.4, -0.2) is 5.10 Å². The molecule has 84 valence electrons. The third-order valence-electron chi connectivity index (χ3n) is 1.12. The van der Waals surface area contributed by atoms with E-state index < -0.39 is 23.7 Å². The molecule has 14 heavy (non-hydrogen) atoms. The number of alkyl halides is 6. The third-order valence-corrected chi connectivity index (χ3v) is 1.12. The number of rotatable bonds is 0. The molecule has 0 amide bonds. The largest absolute Gasteiger partial charge is 1.00 e. The van der Waals surface area contributed by atoms with Crippen LogP contribution in [0.2, 0.25) is 0 Å². The number of halogens is 6. The number of aromatic nitrogens is 2. The molecule has 1 heterocycles. The molecule has 0 aromatic carbocycles. The van der Waals surface area contributed by atoms with Crippen LogP contribution < -0.4 is 5.10 Å². The topological polar surface area (TPSA) is 27.0 Å². The maximum Gasteiger partial charge on any atom is 1.00 e. The van der Waals surface area contributed by atoms with E-state index in [-0.39, 0.29) is 28.4 Å². The van der Waals surface area contributed by atoms with Gasteiger partial charge < -0.3 is 10.2 Å². The number of hydrogen-bond donors (Lipinski definition) is 0. The van der Waals surface area contributed by atoms with Gasteiger partial charge in [0.05, 0.1) is 0 Å². The molecule has 0 radical (unpaired) electrons. The van der Waals surface area contributed by atoms with Crippen LogP contribution in [-0.2, 0) is 34.7 Å². The smallest absolute Gasteiger partial charge is 0.571 e. The van der Waals surface area contributed by atoms with E-state index in [0.29, 0.717) is 0 Å². The standard InChI is InChI=1S/C5HF6N2.Au/c6-4(7,8)2-1-3(13-12-2)5(9,10)11;/h1H;/q-1;+1. The Kier molecular flexibility index (Phi) is 3.82. The van der Waals surface area contributed by atoms with Gasteiger partial charge in [-0.25, -0.2) is 0 Å². The quantitative estimate of drug-likeness (QED) is 0.493. The molecule has 1 aromatic rings. The molecule has 0 N–H and O–H groups in total. The maximum atomic E-state index is 11.7. The van der Waals surface area contributed by atoms with Crippen LogP contribution in [0.5, 0.6) is 0 Å². The Balaban J connectivity index is 0.00000169. The van der Waals surface area contributed by atoms with Gasteiger partial charge in [-0.1, -0.05) is 0 Å². The van der Waals surface area contributed by atoms with Crippen LogP contribution in [0.3, 0.4) is 0 Å². The van der Waals surface area contributed by atoms with E-state index in [4.69, 9.17) is 0 Å². The van der Waals surface area contributed by atoms with E-state index in [0.717, 1.165) is 0 Å². The molecule has 0 aliphatic carbocycles. The van der Waals surface area contributed by atoms with E-state index in [2.05, 4.69) is 10.2 Å². The fourth-order valence-electron chi connectivity index (χ4n) is 0.572. The first kappa shape index (κ1) is 13.5. The summed E-state index contributed by atoms with van der Waals surface area (Å²) in [5, 5.41) is 4.72. The Morgan fingerprint density at radius 1 is 1.00 bits per heavy atom. The van der Waals surface area contributed by atoms with Crippen molar-refractivity contribution in [3.8, 4) is 0 Å². The molecule has 1 rings (SSSR count). The molecule has 0 aliphatic rings. The third kappa shape index (κ3) is 3.03. The Labute approximate surface area is 89.2 Å². The van der Waals surface area contributed by atoms with Gasteiger partial charge in [0.1, 0.15) is 5.69 Å². The van der Waals surface area contributed by atoms with Crippen LogP contribution in [0.4, 0.5) is 26.3 Å². The predicted molar refractivity (Wildman–Crippen MR) is 27.6 cm³/mol. The first-order chi connectivity index (χ1) is 5.71. The molecule has 0 bridgehead atoms. The van der Waals surface area contributed by atoms with Gasteiger partial charge in [0.15, 0.2) is 0 Å². The summed E-state index contributed by atoms with van der Waals surface area (Å²) in [5.41, 5.74) is -3.28. The minimum Gasteiger partial charge on any atom is -0.571 e. The average Bonchev–Trinajstić information content (AvgIpc) is 2.28. The summed E-state index contributed by atoms with van der Waals surface area (Å²) in [7, 11) is 0. The van der Waals surface area contributed by atoms with Crippen LogP contribution in [0.15, 0.2) is 6.07 Å². The molecule has 0 spiro atoms. The van der Waals surface area contributed by atoms with Gasteiger partial charge in [-0.2, -0.15) is 26.3 Å². The molecular formula is C5HAuF6N2. The molecule has 0 saturated carbocycles. The first-order valence-corrected chi connectivity index (χ1v) is 2.86. The Hall–Kier alpha value is -0.470. The minimum absolute atomic E-state index is 0. The fourth-order valence-corrected chi connectivity index (χ4v) is 0.572. The van der Waals surface area contributed by atoms with Crippen molar-refractivity contribution in [2.75, 3.05) is 0 Å². The molecule has 0 unspecified atom stereocenters. The van der Waals surface area contributed by atoms with Crippen molar-refractivity contribution in [1.82, 2.24) is 10.2 Å². The maximum absolute atomic E-state index is 11.7.